The summed E-state index contributed by atoms with van der Waals surface area (Å²) in [5.74, 6) is 0. The van der Waals surface area contributed by atoms with E-state index in [9.17, 15) is 0 Å². The number of pyridine rings is 1. The zero-order valence-electron chi connectivity index (χ0n) is 12.7. The van der Waals surface area contributed by atoms with E-state index in [0.29, 0.717) is 0 Å². The Morgan fingerprint density at radius 3 is 2.95 bits per heavy atom. The Labute approximate surface area is 124 Å². The average molecular weight is 283 g/mol. The number of nitrogens with one attached hydrogen (secondary N) is 1. The number of likely N-dealkylation sites (N-methyl/N-ethyl adjacent to an activating group) is 1. The van der Waals surface area contributed by atoms with Gasteiger partial charge >= 0.3 is 0 Å². The van der Waals surface area contributed by atoms with Gasteiger partial charge in [-0.2, -0.15) is 10.2 Å². The van der Waals surface area contributed by atoms with Crippen molar-refractivity contribution in [2.75, 3.05) is 7.05 Å². The standard InChI is InChI=1S/C16H21N5/c1-4-20-13(9-12(2)19-20)10-15(17-3)14-11-18-21-8-6-5-7-16(14)21/h5-9,11,15,17H,4,10H2,1-3H3. The molecule has 1 unspecified atom stereocenters. The molecule has 0 aliphatic heterocycles. The lowest BCUT2D eigenvalue weighted by Gasteiger charge is -2.16. The van der Waals surface area contributed by atoms with Crippen molar-refractivity contribution in [1.82, 2.24) is 24.7 Å². The zero-order valence-corrected chi connectivity index (χ0v) is 12.7. The van der Waals surface area contributed by atoms with E-state index in [-0.39, 0.29) is 6.04 Å². The van der Waals surface area contributed by atoms with Gasteiger partial charge in [-0.3, -0.25) is 4.68 Å². The second-order valence-corrected chi connectivity index (χ2v) is 5.27. The highest BCUT2D eigenvalue weighted by Crippen LogP contribution is 2.23. The molecule has 0 spiro atoms. The fraction of sp³-hybridized carbons (Fsp3) is 0.375. The first-order valence-corrected chi connectivity index (χ1v) is 7.35. The molecule has 0 amide bonds. The van der Waals surface area contributed by atoms with E-state index in [1.165, 1.54) is 11.3 Å². The van der Waals surface area contributed by atoms with Crippen LogP contribution in [-0.4, -0.2) is 26.4 Å². The van der Waals surface area contributed by atoms with Crippen LogP contribution in [0.1, 0.15) is 29.9 Å². The smallest absolute Gasteiger partial charge is 0.0709 e. The molecule has 0 saturated heterocycles. The molecule has 0 fully saturated rings. The normalized spacial score (nSPS) is 12.9. The molecule has 1 N–H and O–H groups in total. The van der Waals surface area contributed by atoms with Crippen molar-refractivity contribution >= 4 is 5.52 Å². The molecular weight excluding hydrogens is 262 g/mol. The molecular formula is C16H21N5. The molecule has 3 heterocycles. The highest BCUT2D eigenvalue weighted by Gasteiger charge is 2.17. The number of aromatic nitrogens is 4. The maximum absolute atomic E-state index is 4.53. The molecule has 3 aromatic rings. The van der Waals surface area contributed by atoms with Gasteiger partial charge in [-0.05, 0) is 39.1 Å². The Morgan fingerprint density at radius 1 is 1.33 bits per heavy atom. The molecule has 110 valence electrons. The lowest BCUT2D eigenvalue weighted by molar-refractivity contribution is 0.543. The predicted molar refractivity (Wildman–Crippen MR) is 83.3 cm³/mol. The third kappa shape index (κ3) is 2.56. The lowest BCUT2D eigenvalue weighted by Crippen LogP contribution is -2.20. The predicted octanol–water partition coefficient (Wildman–Crippen LogP) is 2.36. The summed E-state index contributed by atoms with van der Waals surface area (Å²) in [4.78, 5) is 0. The fourth-order valence-electron chi connectivity index (χ4n) is 2.84. The number of hydrogen-bond donors (Lipinski definition) is 1. The number of rotatable bonds is 5. The van der Waals surface area contributed by atoms with Gasteiger partial charge in [-0.15, -0.1) is 0 Å². The SMILES string of the molecule is CCn1nc(C)cc1CC(NC)c1cnn2ccccc12. The van der Waals surface area contributed by atoms with Crippen molar-refractivity contribution < 1.29 is 0 Å². The van der Waals surface area contributed by atoms with Gasteiger partial charge in [0.15, 0.2) is 0 Å². The highest BCUT2D eigenvalue weighted by molar-refractivity contribution is 5.55. The summed E-state index contributed by atoms with van der Waals surface area (Å²) in [7, 11) is 2.00. The fourth-order valence-corrected chi connectivity index (χ4v) is 2.84. The Hall–Kier alpha value is -2.14. The molecule has 0 radical (unpaired) electrons. The van der Waals surface area contributed by atoms with Crippen LogP contribution in [0.3, 0.4) is 0 Å². The largest absolute Gasteiger partial charge is 0.313 e. The number of hydrogen-bond acceptors (Lipinski definition) is 3. The van der Waals surface area contributed by atoms with E-state index in [1.807, 2.05) is 43.0 Å². The van der Waals surface area contributed by atoms with Gasteiger partial charge in [-0.25, -0.2) is 4.52 Å². The van der Waals surface area contributed by atoms with Gasteiger partial charge in [-0.1, -0.05) is 6.07 Å². The molecule has 0 aromatic carbocycles. The summed E-state index contributed by atoms with van der Waals surface area (Å²) < 4.78 is 3.99. The minimum atomic E-state index is 0.228. The van der Waals surface area contributed by atoms with Crippen LogP contribution < -0.4 is 5.32 Å². The summed E-state index contributed by atoms with van der Waals surface area (Å²) in [6.45, 7) is 5.06. The van der Waals surface area contributed by atoms with Crippen LogP contribution >= 0.6 is 0 Å². The van der Waals surface area contributed by atoms with Gasteiger partial charge in [0.1, 0.15) is 0 Å². The quantitative estimate of drug-likeness (QED) is 0.782. The highest BCUT2D eigenvalue weighted by atomic mass is 15.3. The first-order chi connectivity index (χ1) is 10.2. The van der Waals surface area contributed by atoms with Crippen LogP contribution in [0.4, 0.5) is 0 Å². The van der Waals surface area contributed by atoms with Crippen molar-refractivity contribution in [3.05, 3.63) is 53.6 Å². The van der Waals surface area contributed by atoms with Crippen molar-refractivity contribution in [3.63, 3.8) is 0 Å². The Bertz CT molecular complexity index is 740. The molecule has 0 aliphatic rings. The molecule has 0 bridgehead atoms. The molecule has 21 heavy (non-hydrogen) atoms. The maximum Gasteiger partial charge on any atom is 0.0709 e. The molecule has 5 heteroatoms. The van der Waals surface area contributed by atoms with Crippen LogP contribution in [-0.2, 0) is 13.0 Å². The third-order valence-corrected chi connectivity index (χ3v) is 3.88. The van der Waals surface area contributed by atoms with Gasteiger partial charge in [0.05, 0.1) is 17.4 Å². The van der Waals surface area contributed by atoms with Crippen LogP contribution in [0, 0.1) is 6.92 Å². The van der Waals surface area contributed by atoms with Crippen LogP contribution in [0.15, 0.2) is 36.7 Å². The van der Waals surface area contributed by atoms with Gasteiger partial charge in [0, 0.05) is 36.5 Å². The van der Waals surface area contributed by atoms with E-state index < -0.39 is 0 Å². The minimum absolute atomic E-state index is 0.228. The van der Waals surface area contributed by atoms with Crippen molar-refractivity contribution in [2.45, 2.75) is 32.9 Å². The number of fused-ring (bicyclic) bond motifs is 1. The van der Waals surface area contributed by atoms with Crippen LogP contribution in [0.5, 0.6) is 0 Å². The van der Waals surface area contributed by atoms with Gasteiger partial charge in [0.2, 0.25) is 0 Å². The van der Waals surface area contributed by atoms with E-state index in [0.717, 1.165) is 24.2 Å². The van der Waals surface area contributed by atoms with Gasteiger partial charge < -0.3 is 5.32 Å². The second kappa shape index (κ2) is 5.69. The second-order valence-electron chi connectivity index (χ2n) is 5.27. The first-order valence-electron chi connectivity index (χ1n) is 7.35. The summed E-state index contributed by atoms with van der Waals surface area (Å²) >= 11 is 0. The topological polar surface area (TPSA) is 47.2 Å². The monoisotopic (exact) mass is 283 g/mol. The summed E-state index contributed by atoms with van der Waals surface area (Å²) in [5.41, 5.74) is 4.70. The van der Waals surface area contributed by atoms with Crippen LogP contribution in [0.2, 0.25) is 0 Å². The summed E-state index contributed by atoms with van der Waals surface area (Å²) in [6, 6.07) is 8.54. The Balaban J connectivity index is 1.95. The minimum Gasteiger partial charge on any atom is -0.313 e. The molecule has 1 atom stereocenters. The number of nitrogens with zero attached hydrogens (tertiary/aromatic N) is 4. The first kappa shape index (κ1) is 13.8. The molecule has 0 aliphatic carbocycles. The molecule has 0 saturated carbocycles. The van der Waals surface area contributed by atoms with Crippen LogP contribution in [0.25, 0.3) is 5.52 Å². The third-order valence-electron chi connectivity index (χ3n) is 3.88. The van der Waals surface area contributed by atoms with E-state index in [4.69, 9.17) is 0 Å². The molecule has 5 nitrogen and oxygen atoms in total. The maximum atomic E-state index is 4.53. The van der Waals surface area contributed by atoms with Gasteiger partial charge in [0.25, 0.3) is 0 Å². The zero-order chi connectivity index (χ0) is 14.8. The van der Waals surface area contributed by atoms with E-state index >= 15 is 0 Å². The Kier molecular flexibility index (Phi) is 3.75. The number of aryl methyl sites for hydroxylation is 2. The van der Waals surface area contributed by atoms with Crippen molar-refractivity contribution in [1.29, 1.82) is 0 Å². The Morgan fingerprint density at radius 2 is 2.19 bits per heavy atom. The summed E-state index contributed by atoms with van der Waals surface area (Å²) in [6.07, 6.45) is 4.84. The van der Waals surface area contributed by atoms with Crippen molar-refractivity contribution in [2.24, 2.45) is 0 Å². The summed E-state index contributed by atoms with van der Waals surface area (Å²) in [5, 5.41) is 12.4. The molecule has 3 rings (SSSR count). The van der Waals surface area contributed by atoms with E-state index in [1.54, 1.807) is 0 Å². The van der Waals surface area contributed by atoms with Crippen molar-refractivity contribution in [3.8, 4) is 0 Å². The average Bonchev–Trinajstić information content (AvgIpc) is 3.08. The lowest BCUT2D eigenvalue weighted by atomic mass is 10.0. The van der Waals surface area contributed by atoms with E-state index in [2.05, 4.69) is 39.3 Å². The molecule has 3 aromatic heterocycles.